The van der Waals surface area contributed by atoms with Gasteiger partial charge in [0.15, 0.2) is 22.5 Å². The summed E-state index contributed by atoms with van der Waals surface area (Å²) in [6.07, 6.45) is 6.02. The number of unbranched alkanes of at least 4 members (excludes halogenated alkanes) is 3. The maximum absolute atomic E-state index is 11.5. The summed E-state index contributed by atoms with van der Waals surface area (Å²) in [6.45, 7) is 3.32. The first-order valence-electron chi connectivity index (χ1n) is 10.6. The standard InChI is InChI=1S/C22H25IN4O4S/c1-2-29-19(28)7-5-3-4-6-10-27-15-8-9-25-21(24)20(15)26-22(27)32-18-12-17-16(11-14(18)23)30-13-31-17/h8-9,11-12H,2-7,10,13H2,1H3,(H2,24,25). The van der Waals surface area contributed by atoms with E-state index in [9.17, 15) is 4.79 Å². The molecule has 0 saturated heterocycles. The van der Waals surface area contributed by atoms with Crippen LogP contribution in [0.3, 0.4) is 0 Å². The van der Waals surface area contributed by atoms with Crippen molar-refractivity contribution < 1.29 is 19.0 Å². The molecule has 170 valence electrons. The number of hydrogen-bond acceptors (Lipinski definition) is 8. The molecule has 0 radical (unpaired) electrons. The lowest BCUT2D eigenvalue weighted by atomic mass is 10.1. The molecule has 0 amide bonds. The number of aromatic nitrogens is 3. The minimum absolute atomic E-state index is 0.118. The highest BCUT2D eigenvalue weighted by atomic mass is 127. The van der Waals surface area contributed by atoms with E-state index in [1.165, 1.54) is 0 Å². The molecular weight excluding hydrogens is 543 g/mol. The normalized spacial score (nSPS) is 12.4. The number of nitrogen functional groups attached to an aromatic ring is 1. The van der Waals surface area contributed by atoms with Crippen molar-refractivity contribution in [3.63, 3.8) is 0 Å². The lowest BCUT2D eigenvalue weighted by Crippen LogP contribution is -2.03. The number of nitrogens with zero attached hydrogens (tertiary/aromatic N) is 3. The summed E-state index contributed by atoms with van der Waals surface area (Å²) in [4.78, 5) is 21.5. The SMILES string of the molecule is CCOC(=O)CCCCCCn1c(Sc2cc3c(cc2I)OCO3)nc2c(N)nccc21. The highest BCUT2D eigenvalue weighted by molar-refractivity contribution is 14.1. The summed E-state index contributed by atoms with van der Waals surface area (Å²) in [7, 11) is 0. The Morgan fingerprint density at radius 1 is 1.25 bits per heavy atom. The van der Waals surface area contributed by atoms with Gasteiger partial charge in [-0.25, -0.2) is 9.97 Å². The van der Waals surface area contributed by atoms with Crippen molar-refractivity contribution in [2.45, 2.75) is 55.6 Å². The van der Waals surface area contributed by atoms with Crippen molar-refractivity contribution in [1.82, 2.24) is 14.5 Å². The topological polar surface area (TPSA) is 101 Å². The predicted molar refractivity (Wildman–Crippen MR) is 131 cm³/mol. The van der Waals surface area contributed by atoms with Crippen LogP contribution in [-0.2, 0) is 16.1 Å². The van der Waals surface area contributed by atoms with Crippen molar-refractivity contribution in [3.8, 4) is 11.5 Å². The molecule has 0 bridgehead atoms. The summed E-state index contributed by atoms with van der Waals surface area (Å²) >= 11 is 3.89. The number of fused-ring (bicyclic) bond motifs is 2. The molecule has 0 saturated carbocycles. The van der Waals surface area contributed by atoms with Gasteiger partial charge >= 0.3 is 5.97 Å². The Hall–Kier alpha value is -2.21. The molecule has 3 aromatic rings. The largest absolute Gasteiger partial charge is 0.466 e. The van der Waals surface area contributed by atoms with Gasteiger partial charge in [-0.2, -0.15) is 0 Å². The molecule has 3 heterocycles. The van der Waals surface area contributed by atoms with E-state index in [-0.39, 0.29) is 12.8 Å². The number of rotatable bonds is 10. The van der Waals surface area contributed by atoms with Gasteiger partial charge < -0.3 is 24.5 Å². The van der Waals surface area contributed by atoms with E-state index in [1.807, 2.05) is 25.1 Å². The smallest absolute Gasteiger partial charge is 0.305 e. The summed E-state index contributed by atoms with van der Waals surface area (Å²) in [6, 6.07) is 5.93. The van der Waals surface area contributed by atoms with E-state index in [1.54, 1.807) is 18.0 Å². The number of ether oxygens (including phenoxy) is 3. The van der Waals surface area contributed by atoms with E-state index >= 15 is 0 Å². The second-order valence-electron chi connectivity index (χ2n) is 7.32. The van der Waals surface area contributed by atoms with Crippen LogP contribution >= 0.6 is 34.4 Å². The monoisotopic (exact) mass is 568 g/mol. The first-order valence-corrected chi connectivity index (χ1v) is 12.5. The van der Waals surface area contributed by atoms with Crippen LogP contribution in [0.4, 0.5) is 5.82 Å². The first-order chi connectivity index (χ1) is 15.6. The Balaban J connectivity index is 1.48. The van der Waals surface area contributed by atoms with Crippen LogP contribution < -0.4 is 15.2 Å². The number of carbonyl (C=O) groups is 1. The Kier molecular flexibility index (Phi) is 7.61. The average molecular weight is 568 g/mol. The minimum Gasteiger partial charge on any atom is -0.466 e. The number of carbonyl (C=O) groups excluding carboxylic acids is 1. The van der Waals surface area contributed by atoms with Crippen LogP contribution in [0.1, 0.15) is 39.0 Å². The molecule has 10 heteroatoms. The molecule has 1 aliphatic rings. The highest BCUT2D eigenvalue weighted by Gasteiger charge is 2.20. The van der Waals surface area contributed by atoms with Crippen LogP contribution in [0.25, 0.3) is 11.0 Å². The molecule has 1 aliphatic heterocycles. The van der Waals surface area contributed by atoms with Crippen molar-refractivity contribution >= 4 is 57.2 Å². The Morgan fingerprint density at radius 3 is 2.84 bits per heavy atom. The van der Waals surface area contributed by atoms with Gasteiger partial charge in [-0.3, -0.25) is 4.79 Å². The third-order valence-electron chi connectivity index (χ3n) is 5.11. The van der Waals surface area contributed by atoms with Gasteiger partial charge in [-0.05, 0) is 60.6 Å². The van der Waals surface area contributed by atoms with E-state index in [2.05, 4.69) is 32.1 Å². The van der Waals surface area contributed by atoms with E-state index < -0.39 is 0 Å². The first kappa shape index (κ1) is 23.0. The molecule has 0 atom stereocenters. The molecule has 1 aromatic carbocycles. The number of anilines is 1. The van der Waals surface area contributed by atoms with Gasteiger partial charge in [0.05, 0.1) is 12.1 Å². The molecule has 0 aliphatic carbocycles. The summed E-state index contributed by atoms with van der Waals surface area (Å²) in [5.74, 6) is 1.83. The molecule has 2 N–H and O–H groups in total. The fraction of sp³-hybridized carbons (Fsp3) is 0.409. The maximum atomic E-state index is 11.5. The van der Waals surface area contributed by atoms with Gasteiger partial charge in [0, 0.05) is 27.6 Å². The van der Waals surface area contributed by atoms with Gasteiger partial charge in [0.2, 0.25) is 6.79 Å². The predicted octanol–water partition coefficient (Wildman–Crippen LogP) is 5.01. The van der Waals surface area contributed by atoms with Crippen molar-refractivity contribution in [1.29, 1.82) is 0 Å². The third kappa shape index (κ3) is 5.22. The zero-order valence-corrected chi connectivity index (χ0v) is 20.8. The molecule has 0 spiro atoms. The second-order valence-corrected chi connectivity index (χ2v) is 9.49. The number of imidazole rings is 1. The molecular formula is C22H25IN4O4S. The van der Waals surface area contributed by atoms with E-state index in [4.69, 9.17) is 24.9 Å². The fourth-order valence-electron chi connectivity index (χ4n) is 3.55. The van der Waals surface area contributed by atoms with E-state index in [0.29, 0.717) is 24.4 Å². The zero-order valence-electron chi connectivity index (χ0n) is 17.8. The van der Waals surface area contributed by atoms with Crippen LogP contribution in [-0.4, -0.2) is 33.9 Å². The fourth-order valence-corrected chi connectivity index (χ4v) is 5.27. The maximum Gasteiger partial charge on any atom is 0.305 e. The minimum atomic E-state index is -0.118. The summed E-state index contributed by atoms with van der Waals surface area (Å²) in [5, 5.41) is 0.864. The quantitative estimate of drug-likeness (QED) is 0.207. The van der Waals surface area contributed by atoms with Gasteiger partial charge in [0.1, 0.15) is 5.52 Å². The number of aryl methyl sites for hydroxylation is 1. The molecule has 32 heavy (non-hydrogen) atoms. The van der Waals surface area contributed by atoms with Gasteiger partial charge in [-0.15, -0.1) is 0 Å². The number of halogens is 1. The number of pyridine rings is 1. The number of esters is 1. The zero-order chi connectivity index (χ0) is 22.5. The van der Waals surface area contributed by atoms with Crippen molar-refractivity contribution in [2.75, 3.05) is 19.1 Å². The highest BCUT2D eigenvalue weighted by Crippen LogP contribution is 2.41. The molecule has 0 unspecified atom stereocenters. The van der Waals surface area contributed by atoms with Crippen LogP contribution in [0.15, 0.2) is 34.4 Å². The molecule has 0 fully saturated rings. The van der Waals surface area contributed by atoms with Gasteiger partial charge in [0.25, 0.3) is 0 Å². The van der Waals surface area contributed by atoms with Crippen molar-refractivity contribution in [3.05, 3.63) is 28.0 Å². The van der Waals surface area contributed by atoms with Crippen LogP contribution in [0.2, 0.25) is 0 Å². The number of benzene rings is 1. The Bertz CT molecular complexity index is 1120. The molecule has 8 nitrogen and oxygen atoms in total. The molecule has 4 rings (SSSR count). The van der Waals surface area contributed by atoms with E-state index in [0.717, 1.165) is 62.9 Å². The van der Waals surface area contributed by atoms with Crippen molar-refractivity contribution in [2.24, 2.45) is 0 Å². The number of hydrogen-bond donors (Lipinski definition) is 1. The second kappa shape index (κ2) is 10.6. The Labute approximate surface area is 204 Å². The van der Waals surface area contributed by atoms with Crippen LogP contribution in [0, 0.1) is 3.57 Å². The van der Waals surface area contributed by atoms with Gasteiger partial charge in [-0.1, -0.05) is 24.6 Å². The number of nitrogens with two attached hydrogens (primary N) is 1. The average Bonchev–Trinajstić information content (AvgIpc) is 3.36. The Morgan fingerprint density at radius 2 is 2.03 bits per heavy atom. The summed E-state index contributed by atoms with van der Waals surface area (Å²) in [5.41, 5.74) is 7.79. The lowest BCUT2D eigenvalue weighted by molar-refractivity contribution is -0.143. The molecule has 2 aromatic heterocycles. The third-order valence-corrected chi connectivity index (χ3v) is 7.42. The van der Waals surface area contributed by atoms with Crippen LogP contribution in [0.5, 0.6) is 11.5 Å². The summed E-state index contributed by atoms with van der Waals surface area (Å²) < 4.78 is 19.3. The lowest BCUT2D eigenvalue weighted by Gasteiger charge is -2.10.